The third-order valence-electron chi connectivity index (χ3n) is 6.12. The zero-order valence-corrected chi connectivity index (χ0v) is 20.6. The SMILES string of the molecule is Cn1cncc1-c1cnn([C@H](Cn2cc(F)cn2)c2ccc(-c3c(-[n+]4cnn[nH]4)ccc(Cl)c3F)cn2)c1. The third-order valence-corrected chi connectivity index (χ3v) is 6.41. The van der Waals surface area contributed by atoms with E-state index in [2.05, 4.69) is 35.7 Å². The first kappa shape index (κ1) is 23.6. The number of rotatable bonds is 7. The molecule has 6 rings (SSSR count). The Hall–Kier alpha value is -4.78. The van der Waals surface area contributed by atoms with Crippen LogP contribution in [-0.2, 0) is 13.6 Å². The van der Waals surface area contributed by atoms with Crippen molar-refractivity contribution >= 4 is 11.6 Å². The van der Waals surface area contributed by atoms with E-state index in [1.807, 2.05) is 17.8 Å². The average Bonchev–Trinajstić information content (AvgIpc) is 3.73. The first-order valence-corrected chi connectivity index (χ1v) is 11.8. The van der Waals surface area contributed by atoms with Crippen molar-refractivity contribution < 1.29 is 13.5 Å². The standard InChI is InChI=1S/C24H18ClF2N11/c1-35-13-28-9-21(35)16-7-32-37(10-16)22(12-36-11-17(26)8-31-36)19-4-2-15(6-29-19)23-20(38-14-30-33-34-38)5-3-18(25)24(23)27/h2-11,13-14,22H,12H2,1H3/p+1/t22-/m1/s1. The fraction of sp³-hybridized carbons (Fsp3) is 0.125. The van der Waals surface area contributed by atoms with Gasteiger partial charge < -0.3 is 4.57 Å². The fourth-order valence-electron chi connectivity index (χ4n) is 4.26. The van der Waals surface area contributed by atoms with Crippen molar-refractivity contribution in [1.82, 2.24) is 49.6 Å². The Labute approximate surface area is 219 Å². The smallest absolute Gasteiger partial charge is 0.293 e. The molecule has 0 amide bonds. The molecule has 0 fully saturated rings. The molecular formula is C24H19ClF2N11+. The average molecular weight is 535 g/mol. The molecule has 1 aromatic carbocycles. The van der Waals surface area contributed by atoms with Gasteiger partial charge >= 0.3 is 0 Å². The van der Waals surface area contributed by atoms with Gasteiger partial charge in [0, 0.05) is 30.6 Å². The number of hydrogen-bond acceptors (Lipinski definition) is 6. The summed E-state index contributed by atoms with van der Waals surface area (Å²) in [6.07, 6.45) is 12.5. The van der Waals surface area contributed by atoms with E-state index >= 15 is 4.39 Å². The maximum absolute atomic E-state index is 15.2. The van der Waals surface area contributed by atoms with Crippen molar-refractivity contribution in [2.45, 2.75) is 12.6 Å². The summed E-state index contributed by atoms with van der Waals surface area (Å²) in [5.41, 5.74) is 3.54. The molecule has 0 saturated carbocycles. The predicted molar refractivity (Wildman–Crippen MR) is 131 cm³/mol. The van der Waals surface area contributed by atoms with E-state index in [4.69, 9.17) is 11.6 Å². The lowest BCUT2D eigenvalue weighted by Gasteiger charge is -2.18. The summed E-state index contributed by atoms with van der Waals surface area (Å²) in [6.45, 7) is 0.259. The van der Waals surface area contributed by atoms with Gasteiger partial charge in [-0.1, -0.05) is 22.9 Å². The highest BCUT2D eigenvalue weighted by Crippen LogP contribution is 2.32. The van der Waals surface area contributed by atoms with E-state index in [0.717, 1.165) is 17.5 Å². The number of aromatic nitrogens is 11. The van der Waals surface area contributed by atoms with Gasteiger partial charge in [0.2, 0.25) is 0 Å². The molecule has 6 aromatic rings. The number of imidazole rings is 1. The van der Waals surface area contributed by atoms with Crippen LogP contribution >= 0.6 is 11.6 Å². The van der Waals surface area contributed by atoms with Crippen molar-refractivity contribution in [3.8, 4) is 28.1 Å². The maximum atomic E-state index is 15.2. The van der Waals surface area contributed by atoms with Crippen LogP contribution in [0, 0.1) is 11.6 Å². The maximum Gasteiger partial charge on any atom is 0.293 e. The summed E-state index contributed by atoms with van der Waals surface area (Å²) in [7, 11) is 1.89. The van der Waals surface area contributed by atoms with E-state index in [-0.39, 0.29) is 17.1 Å². The molecule has 5 aromatic heterocycles. The topological polar surface area (TPSA) is 112 Å². The van der Waals surface area contributed by atoms with Gasteiger partial charge in [-0.25, -0.2) is 13.8 Å². The molecule has 190 valence electrons. The highest BCUT2D eigenvalue weighted by atomic mass is 35.5. The Kier molecular flexibility index (Phi) is 5.96. The molecule has 38 heavy (non-hydrogen) atoms. The van der Waals surface area contributed by atoms with Crippen LogP contribution in [0.5, 0.6) is 0 Å². The van der Waals surface area contributed by atoms with Crippen molar-refractivity contribution in [2.24, 2.45) is 7.05 Å². The van der Waals surface area contributed by atoms with Gasteiger partial charge in [0.1, 0.15) is 16.8 Å². The lowest BCUT2D eigenvalue weighted by molar-refractivity contribution is -0.659. The molecule has 0 saturated heterocycles. The Morgan fingerprint density at radius 3 is 2.61 bits per heavy atom. The van der Waals surface area contributed by atoms with E-state index in [0.29, 0.717) is 16.9 Å². The van der Waals surface area contributed by atoms with Crippen LogP contribution in [0.4, 0.5) is 8.78 Å². The van der Waals surface area contributed by atoms with Gasteiger partial charge in [-0.15, -0.1) is 4.68 Å². The van der Waals surface area contributed by atoms with Crippen LogP contribution in [0.1, 0.15) is 11.7 Å². The lowest BCUT2D eigenvalue weighted by atomic mass is 10.0. The minimum Gasteiger partial charge on any atom is -0.334 e. The van der Waals surface area contributed by atoms with Crippen molar-refractivity contribution in [1.29, 1.82) is 0 Å². The Morgan fingerprint density at radius 1 is 1.03 bits per heavy atom. The number of benzene rings is 1. The van der Waals surface area contributed by atoms with Gasteiger partial charge in [0.15, 0.2) is 16.8 Å². The number of aryl methyl sites for hydroxylation is 1. The van der Waals surface area contributed by atoms with Gasteiger partial charge in [-0.3, -0.25) is 14.3 Å². The van der Waals surface area contributed by atoms with Crippen LogP contribution in [-0.4, -0.2) is 49.6 Å². The quantitative estimate of drug-likeness (QED) is 0.315. The highest BCUT2D eigenvalue weighted by Gasteiger charge is 2.23. The van der Waals surface area contributed by atoms with Crippen molar-refractivity contribution in [3.05, 3.63) is 96.5 Å². The Morgan fingerprint density at radius 2 is 1.92 bits per heavy atom. The Bertz CT molecular complexity index is 1700. The summed E-state index contributed by atoms with van der Waals surface area (Å²) in [5.74, 6) is -1.05. The summed E-state index contributed by atoms with van der Waals surface area (Å²) in [5, 5.41) is 18.7. The first-order chi connectivity index (χ1) is 18.5. The third kappa shape index (κ3) is 4.32. The van der Waals surface area contributed by atoms with Gasteiger partial charge in [0.05, 0.1) is 59.6 Å². The van der Waals surface area contributed by atoms with Crippen molar-refractivity contribution in [2.75, 3.05) is 0 Å². The minimum atomic E-state index is -0.600. The fourth-order valence-corrected chi connectivity index (χ4v) is 4.42. The highest BCUT2D eigenvalue weighted by molar-refractivity contribution is 6.31. The van der Waals surface area contributed by atoms with E-state index in [9.17, 15) is 4.39 Å². The number of H-pyrrole nitrogens is 1. The molecule has 0 aliphatic carbocycles. The number of halogens is 3. The number of hydrogen-bond donors (Lipinski definition) is 1. The number of nitrogens with zero attached hydrogens (tertiary/aromatic N) is 10. The summed E-state index contributed by atoms with van der Waals surface area (Å²) < 4.78 is 35.5. The molecule has 11 nitrogen and oxygen atoms in total. The monoisotopic (exact) mass is 534 g/mol. The molecule has 5 heterocycles. The second-order valence-electron chi connectivity index (χ2n) is 8.52. The van der Waals surface area contributed by atoms with Gasteiger partial charge in [-0.2, -0.15) is 10.2 Å². The molecule has 0 aliphatic heterocycles. The molecule has 0 bridgehead atoms. The minimum absolute atomic E-state index is 0.0290. The van der Waals surface area contributed by atoms with E-state index < -0.39 is 17.7 Å². The number of aromatic amines is 1. The number of tetrazole rings is 1. The first-order valence-electron chi connectivity index (χ1n) is 11.4. The second-order valence-corrected chi connectivity index (χ2v) is 8.93. The van der Waals surface area contributed by atoms with Crippen LogP contribution in [0.3, 0.4) is 0 Å². The van der Waals surface area contributed by atoms with Gasteiger partial charge in [0.25, 0.3) is 6.33 Å². The van der Waals surface area contributed by atoms with Crippen LogP contribution < -0.4 is 4.68 Å². The molecule has 0 radical (unpaired) electrons. The normalized spacial score (nSPS) is 12.2. The molecule has 14 heteroatoms. The Balaban J connectivity index is 1.40. The predicted octanol–water partition coefficient (Wildman–Crippen LogP) is 3.16. The lowest BCUT2D eigenvalue weighted by Crippen LogP contribution is -2.33. The summed E-state index contributed by atoms with van der Waals surface area (Å²) >= 11 is 6.10. The number of nitrogens with one attached hydrogen (secondary N) is 1. The second kappa shape index (κ2) is 9.59. The molecule has 0 aliphatic rings. The van der Waals surface area contributed by atoms with Gasteiger partial charge in [-0.05, 0) is 18.2 Å². The number of pyridine rings is 1. The zero-order valence-electron chi connectivity index (χ0n) is 19.8. The molecular weight excluding hydrogens is 516 g/mol. The molecule has 1 atom stereocenters. The van der Waals surface area contributed by atoms with Crippen LogP contribution in [0.2, 0.25) is 5.02 Å². The summed E-state index contributed by atoms with van der Waals surface area (Å²) in [6, 6.07) is 6.19. The van der Waals surface area contributed by atoms with E-state index in [1.165, 1.54) is 28.0 Å². The van der Waals surface area contributed by atoms with Crippen LogP contribution in [0.15, 0.2) is 74.1 Å². The zero-order chi connectivity index (χ0) is 26.2. The van der Waals surface area contributed by atoms with Crippen LogP contribution in [0.25, 0.3) is 28.1 Å². The van der Waals surface area contributed by atoms with Crippen molar-refractivity contribution in [3.63, 3.8) is 0 Å². The molecule has 1 N–H and O–H groups in total. The summed E-state index contributed by atoms with van der Waals surface area (Å²) in [4.78, 5) is 8.81. The molecule has 0 unspecified atom stereocenters. The van der Waals surface area contributed by atoms with E-state index in [1.54, 1.807) is 47.8 Å². The molecule has 0 spiro atoms. The largest absolute Gasteiger partial charge is 0.334 e.